The molecule has 0 aromatic carbocycles. The van der Waals surface area contributed by atoms with E-state index in [0.29, 0.717) is 5.88 Å². The molecule has 0 amide bonds. The molecule has 4 nitrogen and oxygen atoms in total. The van der Waals surface area contributed by atoms with Crippen LogP contribution in [0.3, 0.4) is 0 Å². The number of aromatic nitrogens is 2. The van der Waals surface area contributed by atoms with E-state index in [4.69, 9.17) is 9.47 Å². The lowest BCUT2D eigenvalue weighted by molar-refractivity contribution is 0.398. The first-order chi connectivity index (χ1) is 7.38. The van der Waals surface area contributed by atoms with Gasteiger partial charge in [-0.2, -0.15) is 0 Å². The molecule has 3 rings (SSSR count). The first-order valence-electron chi connectivity index (χ1n) is 4.80. The third-order valence-corrected chi connectivity index (χ3v) is 2.48. The van der Waals surface area contributed by atoms with Gasteiger partial charge in [0.15, 0.2) is 0 Å². The van der Waals surface area contributed by atoms with E-state index in [1.54, 1.807) is 13.3 Å². The van der Waals surface area contributed by atoms with Crippen LogP contribution in [0.25, 0.3) is 11.0 Å². The number of fused-ring (bicyclic) bond motifs is 1. The number of rotatable bonds is 2. The highest BCUT2D eigenvalue weighted by Gasteiger charge is 2.27. The molecule has 0 unspecified atom stereocenters. The molecule has 4 heteroatoms. The number of epoxide rings is 1. The Bertz CT molecular complexity index is 509. The van der Waals surface area contributed by atoms with Crippen molar-refractivity contribution >= 4 is 11.0 Å². The number of nitrogens with zero attached hydrogens (tertiary/aromatic N) is 2. The summed E-state index contributed by atoms with van der Waals surface area (Å²) < 4.78 is 10.4. The second-order valence-electron chi connectivity index (χ2n) is 3.44. The fraction of sp³-hybridized carbons (Fsp3) is 0.273. The summed E-state index contributed by atoms with van der Waals surface area (Å²) in [4.78, 5) is 8.64. The normalized spacial score (nSPS) is 19.1. The molecule has 0 bridgehead atoms. The van der Waals surface area contributed by atoms with Crippen molar-refractivity contribution < 1.29 is 9.47 Å². The maximum Gasteiger partial charge on any atom is 0.213 e. The first kappa shape index (κ1) is 8.61. The number of pyridine rings is 2. The lowest BCUT2D eigenvalue weighted by atomic mass is 10.1. The fourth-order valence-electron chi connectivity index (χ4n) is 1.63. The van der Waals surface area contributed by atoms with Crippen molar-refractivity contribution in [1.82, 2.24) is 9.97 Å². The Morgan fingerprint density at radius 2 is 2.27 bits per heavy atom. The number of hydrogen-bond donors (Lipinski definition) is 0. The molecule has 0 radical (unpaired) electrons. The molecule has 3 heterocycles. The zero-order valence-electron chi connectivity index (χ0n) is 8.30. The van der Waals surface area contributed by atoms with Crippen LogP contribution in [0.5, 0.6) is 5.88 Å². The summed E-state index contributed by atoms with van der Waals surface area (Å²) >= 11 is 0. The summed E-state index contributed by atoms with van der Waals surface area (Å²) in [5.74, 6) is 0.609. The van der Waals surface area contributed by atoms with Gasteiger partial charge in [-0.05, 0) is 12.1 Å². The summed E-state index contributed by atoms with van der Waals surface area (Å²) in [6.45, 7) is 0.776. The molecule has 76 valence electrons. The van der Waals surface area contributed by atoms with Crippen molar-refractivity contribution in [2.45, 2.75) is 6.10 Å². The van der Waals surface area contributed by atoms with Crippen LogP contribution in [0.4, 0.5) is 0 Å². The Hall–Kier alpha value is -1.68. The highest BCUT2D eigenvalue weighted by Crippen LogP contribution is 2.33. The smallest absolute Gasteiger partial charge is 0.213 e. The minimum absolute atomic E-state index is 0.190. The average molecular weight is 202 g/mol. The second kappa shape index (κ2) is 3.17. The van der Waals surface area contributed by atoms with Gasteiger partial charge in [0.2, 0.25) is 5.88 Å². The van der Waals surface area contributed by atoms with Gasteiger partial charge in [-0.3, -0.25) is 4.98 Å². The Balaban J connectivity index is 2.25. The van der Waals surface area contributed by atoms with Gasteiger partial charge in [0.1, 0.15) is 6.10 Å². The first-order valence-corrected chi connectivity index (χ1v) is 4.80. The van der Waals surface area contributed by atoms with Crippen LogP contribution < -0.4 is 4.74 Å². The lowest BCUT2D eigenvalue weighted by Gasteiger charge is -2.04. The van der Waals surface area contributed by atoms with Crippen molar-refractivity contribution in [3.05, 3.63) is 30.0 Å². The van der Waals surface area contributed by atoms with Crippen LogP contribution in [0.2, 0.25) is 0 Å². The average Bonchev–Trinajstić information content (AvgIpc) is 3.11. The fourth-order valence-corrected chi connectivity index (χ4v) is 1.63. The Labute approximate surface area is 86.9 Å². The summed E-state index contributed by atoms with van der Waals surface area (Å²) in [6.07, 6.45) is 1.98. The maximum atomic E-state index is 5.27. The van der Waals surface area contributed by atoms with Gasteiger partial charge in [-0.15, -0.1) is 0 Å². The quantitative estimate of drug-likeness (QED) is 0.695. The number of methoxy groups -OCH3 is 1. The van der Waals surface area contributed by atoms with E-state index >= 15 is 0 Å². The van der Waals surface area contributed by atoms with Crippen molar-refractivity contribution in [3.8, 4) is 5.88 Å². The molecule has 1 saturated heterocycles. The summed E-state index contributed by atoms with van der Waals surface area (Å²) in [5.41, 5.74) is 2.85. The molecule has 2 aromatic heterocycles. The van der Waals surface area contributed by atoms with Crippen LogP contribution in [0.1, 0.15) is 11.7 Å². The zero-order chi connectivity index (χ0) is 10.3. The maximum absolute atomic E-state index is 5.27. The Morgan fingerprint density at radius 1 is 1.40 bits per heavy atom. The van der Waals surface area contributed by atoms with Crippen molar-refractivity contribution in [1.29, 1.82) is 0 Å². The molecule has 1 fully saturated rings. The van der Waals surface area contributed by atoms with Crippen LogP contribution in [-0.2, 0) is 4.74 Å². The summed E-state index contributed by atoms with van der Waals surface area (Å²) in [7, 11) is 1.61. The molecule has 1 atom stereocenters. The molecular formula is C11H10N2O2. The molecule has 0 saturated carbocycles. The minimum Gasteiger partial charge on any atom is -0.481 e. The minimum atomic E-state index is 0.190. The SMILES string of the molecule is COc1ccc2nccc([C@H]3CO3)c2n1. The van der Waals surface area contributed by atoms with Gasteiger partial charge in [0.25, 0.3) is 0 Å². The van der Waals surface area contributed by atoms with Gasteiger partial charge in [0, 0.05) is 17.8 Å². The van der Waals surface area contributed by atoms with Gasteiger partial charge < -0.3 is 9.47 Å². The third-order valence-electron chi connectivity index (χ3n) is 2.48. The van der Waals surface area contributed by atoms with Crippen LogP contribution >= 0.6 is 0 Å². The van der Waals surface area contributed by atoms with E-state index < -0.39 is 0 Å². The molecule has 1 aliphatic heterocycles. The molecular weight excluding hydrogens is 192 g/mol. The van der Waals surface area contributed by atoms with E-state index in [-0.39, 0.29) is 6.10 Å². The Kier molecular flexibility index (Phi) is 1.82. The highest BCUT2D eigenvalue weighted by molar-refractivity contribution is 5.78. The molecule has 1 aliphatic rings. The molecule has 0 N–H and O–H groups in total. The van der Waals surface area contributed by atoms with Crippen LogP contribution in [0.15, 0.2) is 24.4 Å². The lowest BCUT2D eigenvalue weighted by Crippen LogP contribution is -1.93. The van der Waals surface area contributed by atoms with Gasteiger partial charge in [-0.25, -0.2) is 4.98 Å². The monoisotopic (exact) mass is 202 g/mol. The van der Waals surface area contributed by atoms with Crippen LogP contribution in [0, 0.1) is 0 Å². The topological polar surface area (TPSA) is 47.5 Å². The number of hydrogen-bond acceptors (Lipinski definition) is 4. The summed E-state index contributed by atoms with van der Waals surface area (Å²) in [6, 6.07) is 5.67. The molecule has 15 heavy (non-hydrogen) atoms. The van der Waals surface area contributed by atoms with E-state index in [1.165, 1.54) is 0 Å². The van der Waals surface area contributed by atoms with Gasteiger partial charge in [-0.1, -0.05) is 0 Å². The van der Waals surface area contributed by atoms with Crippen molar-refractivity contribution in [3.63, 3.8) is 0 Å². The standard InChI is InChI=1S/C11H10N2O2/c1-14-10-3-2-8-11(13-10)7(4-5-12-8)9-6-15-9/h2-5,9H,6H2,1H3/t9-/m1/s1. The van der Waals surface area contributed by atoms with Crippen LogP contribution in [-0.4, -0.2) is 23.7 Å². The largest absolute Gasteiger partial charge is 0.481 e. The number of ether oxygens (including phenoxy) is 2. The summed E-state index contributed by atoms with van der Waals surface area (Å²) in [5, 5.41) is 0. The van der Waals surface area contributed by atoms with E-state index in [1.807, 2.05) is 18.2 Å². The Morgan fingerprint density at radius 3 is 3.00 bits per heavy atom. The van der Waals surface area contributed by atoms with Gasteiger partial charge in [0.05, 0.1) is 24.8 Å². The molecule has 0 aliphatic carbocycles. The van der Waals surface area contributed by atoms with Gasteiger partial charge >= 0.3 is 0 Å². The van der Waals surface area contributed by atoms with E-state index in [0.717, 1.165) is 23.2 Å². The zero-order valence-corrected chi connectivity index (χ0v) is 8.30. The molecule has 0 spiro atoms. The van der Waals surface area contributed by atoms with E-state index in [9.17, 15) is 0 Å². The van der Waals surface area contributed by atoms with E-state index in [2.05, 4.69) is 9.97 Å². The van der Waals surface area contributed by atoms with Crippen molar-refractivity contribution in [2.75, 3.05) is 13.7 Å². The molecule has 2 aromatic rings. The predicted octanol–water partition coefficient (Wildman–Crippen LogP) is 1.71. The predicted molar refractivity (Wildman–Crippen MR) is 54.8 cm³/mol. The second-order valence-corrected chi connectivity index (χ2v) is 3.44. The van der Waals surface area contributed by atoms with Crippen molar-refractivity contribution in [2.24, 2.45) is 0 Å². The third kappa shape index (κ3) is 1.43. The highest BCUT2D eigenvalue weighted by atomic mass is 16.6.